The van der Waals surface area contributed by atoms with Crippen LogP contribution < -0.4 is 10.6 Å². The Kier molecular flexibility index (Phi) is 4.43. The molecule has 0 aliphatic heterocycles. The number of tetrazole rings is 1. The van der Waals surface area contributed by atoms with E-state index in [1.54, 1.807) is 11.3 Å². The van der Waals surface area contributed by atoms with E-state index in [0.717, 1.165) is 34.8 Å². The number of rotatable bonds is 7. The van der Waals surface area contributed by atoms with Gasteiger partial charge >= 0.3 is 0 Å². The molecule has 3 aromatic rings. The second kappa shape index (κ2) is 7.02. The zero-order chi connectivity index (χ0) is 17.1. The van der Waals surface area contributed by atoms with E-state index >= 15 is 0 Å². The first-order chi connectivity index (χ1) is 12.3. The number of nitrogens with one attached hydrogen (secondary N) is 2. The highest BCUT2D eigenvalue weighted by Crippen LogP contribution is 2.36. The van der Waals surface area contributed by atoms with Gasteiger partial charge in [0.2, 0.25) is 5.91 Å². The summed E-state index contributed by atoms with van der Waals surface area (Å²) in [5.74, 6) is 0.762. The van der Waals surface area contributed by atoms with Crippen molar-refractivity contribution in [2.45, 2.75) is 25.4 Å². The standard InChI is InChI=1S/C17H18N6OS/c24-16(19-10-15-2-1-9-25-15)11-18-13-5-3-12(4-6-13)17-20-21-22-23(17)14-7-8-14/h1-6,9,14,18H,7-8,10-11H2,(H,19,24). The van der Waals surface area contributed by atoms with Crippen LogP contribution in [0.2, 0.25) is 0 Å². The van der Waals surface area contributed by atoms with Gasteiger partial charge in [0.25, 0.3) is 0 Å². The average Bonchev–Trinajstić information content (AvgIpc) is 3.14. The largest absolute Gasteiger partial charge is 0.376 e. The van der Waals surface area contributed by atoms with Gasteiger partial charge in [0, 0.05) is 16.1 Å². The number of nitrogens with zero attached hydrogens (tertiary/aromatic N) is 4. The maximum absolute atomic E-state index is 11.9. The molecule has 7 nitrogen and oxygen atoms in total. The van der Waals surface area contributed by atoms with Crippen molar-refractivity contribution in [2.75, 3.05) is 11.9 Å². The van der Waals surface area contributed by atoms with Gasteiger partial charge in [-0.25, -0.2) is 4.68 Å². The molecule has 1 amide bonds. The van der Waals surface area contributed by atoms with Crippen LogP contribution in [0.25, 0.3) is 11.4 Å². The van der Waals surface area contributed by atoms with Gasteiger partial charge in [-0.05, 0) is 59.0 Å². The zero-order valence-corrected chi connectivity index (χ0v) is 14.4. The lowest BCUT2D eigenvalue weighted by molar-refractivity contribution is -0.119. The smallest absolute Gasteiger partial charge is 0.239 e. The highest BCUT2D eigenvalue weighted by atomic mass is 32.1. The monoisotopic (exact) mass is 354 g/mol. The summed E-state index contributed by atoms with van der Waals surface area (Å²) in [6.45, 7) is 0.811. The van der Waals surface area contributed by atoms with Crippen molar-refractivity contribution in [2.24, 2.45) is 0 Å². The van der Waals surface area contributed by atoms with Crippen molar-refractivity contribution in [3.8, 4) is 11.4 Å². The molecule has 0 unspecified atom stereocenters. The lowest BCUT2D eigenvalue weighted by atomic mass is 10.2. The van der Waals surface area contributed by atoms with E-state index in [0.29, 0.717) is 12.6 Å². The Hall–Kier alpha value is -2.74. The van der Waals surface area contributed by atoms with Gasteiger partial charge < -0.3 is 10.6 Å². The molecule has 8 heteroatoms. The number of carbonyl (C=O) groups excluding carboxylic acids is 1. The molecule has 4 rings (SSSR count). The average molecular weight is 354 g/mol. The van der Waals surface area contributed by atoms with E-state index in [2.05, 4.69) is 26.2 Å². The topological polar surface area (TPSA) is 84.7 Å². The predicted octanol–water partition coefficient (Wildman–Crippen LogP) is 2.46. The summed E-state index contributed by atoms with van der Waals surface area (Å²) in [6, 6.07) is 12.2. The van der Waals surface area contributed by atoms with Gasteiger partial charge in [0.05, 0.1) is 19.1 Å². The Morgan fingerprint density at radius 2 is 2.08 bits per heavy atom. The molecule has 1 fully saturated rings. The van der Waals surface area contributed by atoms with Gasteiger partial charge in [0.15, 0.2) is 5.82 Å². The van der Waals surface area contributed by atoms with Crippen LogP contribution in [0.1, 0.15) is 23.8 Å². The fourth-order valence-electron chi connectivity index (χ4n) is 2.53. The lowest BCUT2D eigenvalue weighted by Crippen LogP contribution is -2.29. The van der Waals surface area contributed by atoms with Crippen molar-refractivity contribution < 1.29 is 4.79 Å². The Morgan fingerprint density at radius 1 is 1.24 bits per heavy atom. The minimum Gasteiger partial charge on any atom is -0.376 e. The molecule has 1 aliphatic rings. The number of hydrogen-bond donors (Lipinski definition) is 2. The molecular weight excluding hydrogens is 336 g/mol. The van der Waals surface area contributed by atoms with E-state index in [1.165, 1.54) is 0 Å². The fraction of sp³-hybridized carbons (Fsp3) is 0.294. The molecule has 1 saturated carbocycles. The summed E-state index contributed by atoms with van der Waals surface area (Å²) in [5.41, 5.74) is 1.87. The van der Waals surface area contributed by atoms with Crippen LogP contribution >= 0.6 is 11.3 Å². The quantitative estimate of drug-likeness (QED) is 0.681. The first-order valence-corrected chi connectivity index (χ1v) is 9.09. The number of anilines is 1. The first kappa shape index (κ1) is 15.8. The minimum absolute atomic E-state index is 0.0323. The maximum atomic E-state index is 11.9. The van der Waals surface area contributed by atoms with E-state index in [9.17, 15) is 4.79 Å². The van der Waals surface area contributed by atoms with Crippen LogP contribution in [0.5, 0.6) is 0 Å². The summed E-state index contributed by atoms with van der Waals surface area (Å²) in [6.07, 6.45) is 2.27. The van der Waals surface area contributed by atoms with Crippen LogP contribution in [-0.2, 0) is 11.3 Å². The molecule has 2 N–H and O–H groups in total. The molecule has 0 saturated heterocycles. The Morgan fingerprint density at radius 3 is 2.80 bits per heavy atom. The summed E-state index contributed by atoms with van der Waals surface area (Å²) in [5, 5.41) is 20.0. The summed E-state index contributed by atoms with van der Waals surface area (Å²) in [4.78, 5) is 13.0. The van der Waals surface area contributed by atoms with Gasteiger partial charge in [-0.15, -0.1) is 16.4 Å². The van der Waals surface area contributed by atoms with Crippen molar-refractivity contribution in [1.29, 1.82) is 0 Å². The van der Waals surface area contributed by atoms with Crippen LogP contribution in [0.15, 0.2) is 41.8 Å². The number of hydrogen-bond acceptors (Lipinski definition) is 6. The maximum Gasteiger partial charge on any atom is 0.239 e. The molecule has 1 aromatic carbocycles. The van der Waals surface area contributed by atoms with Crippen LogP contribution in [0.3, 0.4) is 0 Å². The molecule has 1 aliphatic carbocycles. The summed E-state index contributed by atoms with van der Waals surface area (Å²) >= 11 is 1.63. The molecular formula is C17H18N6OS. The first-order valence-electron chi connectivity index (χ1n) is 8.21. The lowest BCUT2D eigenvalue weighted by Gasteiger charge is -2.08. The Labute approximate surface area is 149 Å². The molecule has 0 atom stereocenters. The molecule has 2 heterocycles. The highest BCUT2D eigenvalue weighted by molar-refractivity contribution is 7.09. The van der Waals surface area contributed by atoms with E-state index in [1.807, 2.05) is 46.5 Å². The molecule has 0 radical (unpaired) electrons. The number of amides is 1. The van der Waals surface area contributed by atoms with Gasteiger partial charge in [0.1, 0.15) is 0 Å². The molecule has 128 valence electrons. The second-order valence-electron chi connectivity index (χ2n) is 5.97. The van der Waals surface area contributed by atoms with E-state index in [4.69, 9.17) is 0 Å². The molecule has 0 bridgehead atoms. The van der Waals surface area contributed by atoms with Crippen molar-refractivity contribution >= 4 is 22.9 Å². The molecule has 25 heavy (non-hydrogen) atoms. The van der Waals surface area contributed by atoms with Gasteiger partial charge in [-0.1, -0.05) is 6.07 Å². The molecule has 2 aromatic heterocycles. The summed E-state index contributed by atoms with van der Waals surface area (Å²) in [7, 11) is 0. The predicted molar refractivity (Wildman–Crippen MR) is 96.2 cm³/mol. The van der Waals surface area contributed by atoms with Crippen LogP contribution in [-0.4, -0.2) is 32.7 Å². The van der Waals surface area contributed by atoms with Crippen molar-refractivity contribution in [3.05, 3.63) is 46.7 Å². The normalized spacial score (nSPS) is 13.6. The zero-order valence-electron chi connectivity index (χ0n) is 13.6. The van der Waals surface area contributed by atoms with Gasteiger partial charge in [-0.3, -0.25) is 4.79 Å². The second-order valence-corrected chi connectivity index (χ2v) is 7.00. The number of thiophene rings is 1. The van der Waals surface area contributed by atoms with Crippen LogP contribution in [0.4, 0.5) is 5.69 Å². The van der Waals surface area contributed by atoms with E-state index in [-0.39, 0.29) is 12.5 Å². The minimum atomic E-state index is -0.0323. The van der Waals surface area contributed by atoms with Crippen molar-refractivity contribution in [3.63, 3.8) is 0 Å². The molecule has 0 spiro atoms. The Bertz CT molecular complexity index is 838. The SMILES string of the molecule is O=C(CNc1ccc(-c2nnnn2C2CC2)cc1)NCc1cccs1. The van der Waals surface area contributed by atoms with E-state index < -0.39 is 0 Å². The summed E-state index contributed by atoms with van der Waals surface area (Å²) < 4.78 is 1.89. The number of carbonyl (C=O) groups is 1. The fourth-order valence-corrected chi connectivity index (χ4v) is 3.17. The third-order valence-electron chi connectivity index (χ3n) is 4.02. The Balaban J connectivity index is 1.31. The number of aromatic nitrogens is 4. The third kappa shape index (κ3) is 3.85. The van der Waals surface area contributed by atoms with Crippen molar-refractivity contribution in [1.82, 2.24) is 25.5 Å². The highest BCUT2D eigenvalue weighted by Gasteiger charge is 2.28. The van der Waals surface area contributed by atoms with Gasteiger partial charge in [-0.2, -0.15) is 0 Å². The van der Waals surface area contributed by atoms with Crippen LogP contribution in [0, 0.1) is 0 Å². The third-order valence-corrected chi connectivity index (χ3v) is 4.90. The number of benzene rings is 1.